The maximum absolute atomic E-state index is 12.8. The molecule has 132 valence electrons. The van der Waals surface area contributed by atoms with Gasteiger partial charge < -0.3 is 19.5 Å². The Morgan fingerprint density at radius 1 is 1.38 bits per heavy atom. The van der Waals surface area contributed by atoms with Gasteiger partial charge in [0.2, 0.25) is 5.91 Å². The molecule has 2 saturated heterocycles. The van der Waals surface area contributed by atoms with Crippen LogP contribution in [0.5, 0.6) is 0 Å². The lowest BCUT2D eigenvalue weighted by atomic mass is 9.91. The van der Waals surface area contributed by atoms with E-state index in [9.17, 15) is 9.59 Å². The van der Waals surface area contributed by atoms with Crippen LogP contribution in [0.25, 0.3) is 0 Å². The third-order valence-corrected chi connectivity index (χ3v) is 5.04. The molecule has 2 aliphatic rings. The first-order chi connectivity index (χ1) is 11.6. The lowest BCUT2D eigenvalue weighted by Crippen LogP contribution is -2.52. The summed E-state index contributed by atoms with van der Waals surface area (Å²) in [6.07, 6.45) is 3.64. The number of furan rings is 1. The SMILES string of the molecule is CCc1ccc([C@H]2C[C@H](C)CCN2C(=O)CN2CCCNC2=O)o1. The topological polar surface area (TPSA) is 65.8 Å². The molecule has 24 heavy (non-hydrogen) atoms. The molecule has 1 N–H and O–H groups in total. The number of rotatable bonds is 4. The molecule has 0 saturated carbocycles. The summed E-state index contributed by atoms with van der Waals surface area (Å²) in [5.74, 6) is 2.40. The van der Waals surface area contributed by atoms with Gasteiger partial charge in [-0.15, -0.1) is 0 Å². The molecule has 3 amide bonds. The van der Waals surface area contributed by atoms with E-state index in [1.165, 1.54) is 0 Å². The minimum Gasteiger partial charge on any atom is -0.464 e. The normalized spacial score (nSPS) is 24.8. The van der Waals surface area contributed by atoms with Crippen LogP contribution >= 0.6 is 0 Å². The minimum atomic E-state index is -0.136. The van der Waals surface area contributed by atoms with Crippen molar-refractivity contribution >= 4 is 11.9 Å². The standard InChI is InChI=1S/C18H27N3O3/c1-3-14-5-6-16(24-14)15-11-13(2)7-10-21(15)17(22)12-20-9-4-8-19-18(20)23/h5-6,13,15H,3-4,7-12H2,1-2H3,(H,19,23)/t13-,15-/m1/s1. The Bertz CT molecular complexity index is 598. The Hall–Kier alpha value is -1.98. The van der Waals surface area contributed by atoms with Crippen molar-refractivity contribution in [3.63, 3.8) is 0 Å². The number of hydrogen-bond acceptors (Lipinski definition) is 3. The van der Waals surface area contributed by atoms with E-state index in [0.29, 0.717) is 19.0 Å². The number of nitrogens with one attached hydrogen (secondary N) is 1. The molecule has 2 fully saturated rings. The molecule has 3 rings (SSSR count). The van der Waals surface area contributed by atoms with E-state index in [1.807, 2.05) is 17.0 Å². The molecule has 1 aromatic heterocycles. The number of urea groups is 1. The van der Waals surface area contributed by atoms with Crippen LogP contribution < -0.4 is 5.32 Å². The third-order valence-electron chi connectivity index (χ3n) is 5.04. The summed E-state index contributed by atoms with van der Waals surface area (Å²) in [4.78, 5) is 28.2. The first-order valence-electron chi connectivity index (χ1n) is 8.99. The van der Waals surface area contributed by atoms with Crippen molar-refractivity contribution in [1.82, 2.24) is 15.1 Å². The summed E-state index contributed by atoms with van der Waals surface area (Å²) in [5, 5.41) is 2.80. The molecular weight excluding hydrogens is 306 g/mol. The number of hydrogen-bond donors (Lipinski definition) is 1. The van der Waals surface area contributed by atoms with Gasteiger partial charge in [-0.25, -0.2) is 4.79 Å². The highest BCUT2D eigenvalue weighted by molar-refractivity contribution is 5.84. The predicted octanol–water partition coefficient (Wildman–Crippen LogP) is 2.56. The molecule has 1 aromatic rings. The number of nitrogens with zero attached hydrogens (tertiary/aromatic N) is 2. The van der Waals surface area contributed by atoms with Crippen molar-refractivity contribution in [2.75, 3.05) is 26.2 Å². The van der Waals surface area contributed by atoms with Gasteiger partial charge in [0, 0.05) is 26.1 Å². The molecule has 3 heterocycles. The molecule has 0 bridgehead atoms. The van der Waals surface area contributed by atoms with Crippen molar-refractivity contribution in [3.05, 3.63) is 23.7 Å². The van der Waals surface area contributed by atoms with Crippen molar-refractivity contribution in [2.45, 2.75) is 45.6 Å². The van der Waals surface area contributed by atoms with Crippen LogP contribution in [0, 0.1) is 5.92 Å². The largest absolute Gasteiger partial charge is 0.464 e. The lowest BCUT2D eigenvalue weighted by Gasteiger charge is -2.39. The van der Waals surface area contributed by atoms with Gasteiger partial charge >= 0.3 is 6.03 Å². The van der Waals surface area contributed by atoms with Gasteiger partial charge in [-0.2, -0.15) is 0 Å². The summed E-state index contributed by atoms with van der Waals surface area (Å²) >= 11 is 0. The van der Waals surface area contributed by atoms with Crippen LogP contribution in [-0.2, 0) is 11.2 Å². The van der Waals surface area contributed by atoms with E-state index >= 15 is 0 Å². The van der Waals surface area contributed by atoms with Crippen LogP contribution in [0.1, 0.15) is 50.7 Å². The van der Waals surface area contributed by atoms with Gasteiger partial charge in [-0.3, -0.25) is 4.79 Å². The van der Waals surface area contributed by atoms with E-state index in [-0.39, 0.29) is 24.5 Å². The molecule has 0 aliphatic carbocycles. The van der Waals surface area contributed by atoms with E-state index in [4.69, 9.17) is 4.42 Å². The summed E-state index contributed by atoms with van der Waals surface area (Å²) in [6.45, 7) is 6.49. The maximum atomic E-state index is 12.8. The Morgan fingerprint density at radius 3 is 2.92 bits per heavy atom. The fraction of sp³-hybridized carbons (Fsp3) is 0.667. The number of piperidine rings is 1. The Balaban J connectivity index is 1.73. The number of carbonyl (C=O) groups is 2. The van der Waals surface area contributed by atoms with Crippen molar-refractivity contribution in [1.29, 1.82) is 0 Å². The number of carbonyl (C=O) groups excluding carboxylic acids is 2. The van der Waals surface area contributed by atoms with E-state index in [2.05, 4.69) is 19.2 Å². The average Bonchev–Trinajstić information content (AvgIpc) is 3.06. The molecule has 6 heteroatoms. The average molecular weight is 333 g/mol. The Labute approximate surface area is 143 Å². The molecule has 2 atom stereocenters. The highest BCUT2D eigenvalue weighted by Gasteiger charge is 2.34. The molecule has 0 radical (unpaired) electrons. The fourth-order valence-corrected chi connectivity index (χ4v) is 3.56. The summed E-state index contributed by atoms with van der Waals surface area (Å²) in [6, 6.07) is 3.84. The molecule has 0 spiro atoms. The van der Waals surface area contributed by atoms with E-state index in [0.717, 1.165) is 43.7 Å². The number of aryl methyl sites for hydroxylation is 1. The van der Waals surface area contributed by atoms with E-state index < -0.39 is 0 Å². The molecule has 0 unspecified atom stereocenters. The highest BCUT2D eigenvalue weighted by Crippen LogP contribution is 2.35. The van der Waals surface area contributed by atoms with Crippen LogP contribution in [-0.4, -0.2) is 47.9 Å². The minimum absolute atomic E-state index is 0.0124. The smallest absolute Gasteiger partial charge is 0.317 e. The second-order valence-corrected chi connectivity index (χ2v) is 6.90. The summed E-state index contributed by atoms with van der Waals surface area (Å²) in [7, 11) is 0. The van der Waals surface area contributed by atoms with Crippen molar-refractivity contribution < 1.29 is 14.0 Å². The quantitative estimate of drug-likeness (QED) is 0.921. The summed E-state index contributed by atoms with van der Waals surface area (Å²) in [5.41, 5.74) is 0. The molecular formula is C18H27N3O3. The first kappa shape index (κ1) is 16.9. The second-order valence-electron chi connectivity index (χ2n) is 6.90. The van der Waals surface area contributed by atoms with Crippen LogP contribution in [0.2, 0.25) is 0 Å². The van der Waals surface area contributed by atoms with Crippen molar-refractivity contribution in [3.8, 4) is 0 Å². The van der Waals surface area contributed by atoms with Gasteiger partial charge in [0.1, 0.15) is 18.1 Å². The van der Waals surface area contributed by atoms with Crippen LogP contribution in [0.3, 0.4) is 0 Å². The van der Waals surface area contributed by atoms with Gasteiger partial charge in [0.15, 0.2) is 0 Å². The molecule has 0 aromatic carbocycles. The third kappa shape index (κ3) is 3.57. The molecule has 2 aliphatic heterocycles. The van der Waals surface area contributed by atoms with Crippen LogP contribution in [0.15, 0.2) is 16.5 Å². The van der Waals surface area contributed by atoms with Crippen molar-refractivity contribution in [2.24, 2.45) is 5.92 Å². The zero-order valence-electron chi connectivity index (χ0n) is 14.6. The van der Waals surface area contributed by atoms with E-state index in [1.54, 1.807) is 4.90 Å². The lowest BCUT2D eigenvalue weighted by molar-refractivity contribution is -0.137. The fourth-order valence-electron chi connectivity index (χ4n) is 3.56. The Morgan fingerprint density at radius 2 is 2.21 bits per heavy atom. The van der Waals surface area contributed by atoms with Gasteiger partial charge in [0.25, 0.3) is 0 Å². The predicted molar refractivity (Wildman–Crippen MR) is 90.5 cm³/mol. The number of amides is 3. The monoisotopic (exact) mass is 333 g/mol. The van der Waals surface area contributed by atoms with Crippen LogP contribution in [0.4, 0.5) is 4.79 Å². The zero-order valence-corrected chi connectivity index (χ0v) is 14.6. The Kier molecular flexibility index (Phi) is 5.11. The van der Waals surface area contributed by atoms with Gasteiger partial charge in [-0.1, -0.05) is 13.8 Å². The number of likely N-dealkylation sites (tertiary alicyclic amines) is 1. The zero-order chi connectivity index (χ0) is 17.1. The molecule has 6 nitrogen and oxygen atoms in total. The maximum Gasteiger partial charge on any atom is 0.317 e. The first-order valence-corrected chi connectivity index (χ1v) is 8.99. The van der Waals surface area contributed by atoms with Gasteiger partial charge in [-0.05, 0) is 37.3 Å². The second kappa shape index (κ2) is 7.28. The highest BCUT2D eigenvalue weighted by atomic mass is 16.3. The summed E-state index contributed by atoms with van der Waals surface area (Å²) < 4.78 is 5.93. The van der Waals surface area contributed by atoms with Gasteiger partial charge in [0.05, 0.1) is 6.04 Å².